The minimum atomic E-state index is -1.17. The number of nitrogens with zero attached hydrogens (tertiary/aromatic N) is 2. The third kappa shape index (κ3) is 4.00. The molecule has 1 aliphatic heterocycles. The average molecular weight is 345 g/mol. The molecule has 0 radical (unpaired) electrons. The topological polar surface area (TPSA) is 69.7 Å². The Bertz CT molecular complexity index is 662. The van der Waals surface area contributed by atoms with Crippen LogP contribution in [-0.2, 0) is 20.8 Å². The Morgan fingerprint density at radius 3 is 2.40 bits per heavy atom. The standard InChI is InChI=1S/C19H27N3O3/c1-5-15-8-6-7-14(2)16(15)20-17(24)19(3,4)18(25)22-11-9-21(13-23)10-12-22/h6-8,13H,5,9-12H2,1-4H3,(H,20,24). The lowest BCUT2D eigenvalue weighted by molar-refractivity contribution is -0.148. The minimum absolute atomic E-state index is 0.206. The number of aryl methyl sites for hydroxylation is 2. The maximum absolute atomic E-state index is 12.8. The van der Waals surface area contributed by atoms with Gasteiger partial charge in [-0.15, -0.1) is 0 Å². The molecule has 1 N–H and O–H groups in total. The lowest BCUT2D eigenvalue weighted by atomic mass is 9.89. The van der Waals surface area contributed by atoms with E-state index in [0.717, 1.165) is 29.6 Å². The van der Waals surface area contributed by atoms with Crippen molar-refractivity contribution in [3.63, 3.8) is 0 Å². The van der Waals surface area contributed by atoms with E-state index < -0.39 is 5.41 Å². The van der Waals surface area contributed by atoms with E-state index in [1.807, 2.05) is 32.0 Å². The predicted octanol–water partition coefficient (Wildman–Crippen LogP) is 1.82. The summed E-state index contributed by atoms with van der Waals surface area (Å²) < 4.78 is 0. The van der Waals surface area contributed by atoms with Gasteiger partial charge in [-0.2, -0.15) is 0 Å². The van der Waals surface area contributed by atoms with Crippen LogP contribution in [0.5, 0.6) is 0 Å². The highest BCUT2D eigenvalue weighted by Gasteiger charge is 2.40. The average Bonchev–Trinajstić information content (AvgIpc) is 2.62. The molecule has 2 rings (SSSR count). The van der Waals surface area contributed by atoms with E-state index in [4.69, 9.17) is 0 Å². The summed E-state index contributed by atoms with van der Waals surface area (Å²) in [6, 6.07) is 5.89. The predicted molar refractivity (Wildman–Crippen MR) is 97.2 cm³/mol. The Balaban J connectivity index is 2.12. The van der Waals surface area contributed by atoms with Gasteiger partial charge in [-0.05, 0) is 38.3 Å². The van der Waals surface area contributed by atoms with E-state index in [9.17, 15) is 14.4 Å². The molecule has 6 heteroatoms. The molecule has 0 aromatic heterocycles. The van der Waals surface area contributed by atoms with Crippen molar-refractivity contribution in [1.82, 2.24) is 9.80 Å². The van der Waals surface area contributed by atoms with E-state index >= 15 is 0 Å². The SMILES string of the molecule is CCc1cccc(C)c1NC(=O)C(C)(C)C(=O)N1CCN(C=O)CC1. The van der Waals surface area contributed by atoms with Crippen molar-refractivity contribution in [2.45, 2.75) is 34.1 Å². The number of carbonyl (C=O) groups excluding carboxylic acids is 3. The number of para-hydroxylation sites is 1. The Hall–Kier alpha value is -2.37. The van der Waals surface area contributed by atoms with Crippen molar-refractivity contribution >= 4 is 23.9 Å². The molecule has 1 fully saturated rings. The summed E-state index contributed by atoms with van der Waals surface area (Å²) in [5.41, 5.74) is 1.66. The van der Waals surface area contributed by atoms with Crippen molar-refractivity contribution < 1.29 is 14.4 Å². The minimum Gasteiger partial charge on any atom is -0.342 e. The summed E-state index contributed by atoms with van der Waals surface area (Å²) in [6.07, 6.45) is 1.60. The summed E-state index contributed by atoms with van der Waals surface area (Å²) >= 11 is 0. The van der Waals surface area contributed by atoms with E-state index in [2.05, 4.69) is 5.32 Å². The van der Waals surface area contributed by atoms with E-state index in [-0.39, 0.29) is 11.8 Å². The number of amides is 3. The van der Waals surface area contributed by atoms with E-state index in [1.165, 1.54) is 0 Å². The number of hydrogen-bond donors (Lipinski definition) is 1. The van der Waals surface area contributed by atoms with Gasteiger partial charge in [0.15, 0.2) is 0 Å². The molecule has 1 heterocycles. The van der Waals surface area contributed by atoms with Crippen molar-refractivity contribution in [3.05, 3.63) is 29.3 Å². The zero-order valence-corrected chi connectivity index (χ0v) is 15.5. The van der Waals surface area contributed by atoms with E-state index in [0.29, 0.717) is 26.2 Å². The molecule has 0 spiro atoms. The number of piperazine rings is 1. The molecule has 3 amide bonds. The Morgan fingerprint density at radius 1 is 1.20 bits per heavy atom. The largest absolute Gasteiger partial charge is 0.342 e. The van der Waals surface area contributed by atoms with Gasteiger partial charge in [0.05, 0.1) is 0 Å². The molecule has 136 valence electrons. The van der Waals surface area contributed by atoms with Gasteiger partial charge in [-0.1, -0.05) is 25.1 Å². The third-order valence-corrected chi connectivity index (χ3v) is 4.83. The van der Waals surface area contributed by atoms with Gasteiger partial charge in [0.25, 0.3) is 0 Å². The molecule has 0 bridgehead atoms. The fourth-order valence-electron chi connectivity index (χ4n) is 2.99. The molecule has 0 aliphatic carbocycles. The van der Waals surface area contributed by atoms with Gasteiger partial charge in [0.2, 0.25) is 18.2 Å². The molecule has 1 aromatic carbocycles. The van der Waals surface area contributed by atoms with Crippen LogP contribution in [0.4, 0.5) is 5.69 Å². The van der Waals surface area contributed by atoms with Gasteiger partial charge in [-0.25, -0.2) is 0 Å². The number of anilines is 1. The van der Waals surface area contributed by atoms with Crippen molar-refractivity contribution in [1.29, 1.82) is 0 Å². The maximum atomic E-state index is 12.8. The number of benzene rings is 1. The van der Waals surface area contributed by atoms with Crippen molar-refractivity contribution in [2.24, 2.45) is 5.41 Å². The Labute approximate surface area is 149 Å². The Kier molecular flexibility index (Phi) is 5.82. The van der Waals surface area contributed by atoms with Crippen LogP contribution in [0.1, 0.15) is 31.9 Å². The molecular formula is C19H27N3O3. The van der Waals surface area contributed by atoms with Crippen LogP contribution in [0.25, 0.3) is 0 Å². The first kappa shape index (κ1) is 19.0. The maximum Gasteiger partial charge on any atom is 0.239 e. The van der Waals surface area contributed by atoms with Crippen LogP contribution in [0.15, 0.2) is 18.2 Å². The highest BCUT2D eigenvalue weighted by Crippen LogP contribution is 2.26. The highest BCUT2D eigenvalue weighted by atomic mass is 16.2. The molecule has 0 unspecified atom stereocenters. The van der Waals surface area contributed by atoms with Crippen molar-refractivity contribution in [3.8, 4) is 0 Å². The first-order valence-electron chi connectivity index (χ1n) is 8.70. The summed E-state index contributed by atoms with van der Waals surface area (Å²) in [5.74, 6) is -0.513. The summed E-state index contributed by atoms with van der Waals surface area (Å²) in [7, 11) is 0. The monoisotopic (exact) mass is 345 g/mol. The van der Waals surface area contributed by atoms with Crippen LogP contribution in [0.2, 0.25) is 0 Å². The number of hydrogen-bond acceptors (Lipinski definition) is 3. The molecule has 1 aliphatic rings. The number of carbonyl (C=O) groups is 3. The van der Waals surface area contributed by atoms with Crippen LogP contribution in [0, 0.1) is 12.3 Å². The second-order valence-electron chi connectivity index (χ2n) is 6.98. The smallest absolute Gasteiger partial charge is 0.239 e. The summed E-state index contributed by atoms with van der Waals surface area (Å²) in [4.78, 5) is 39.8. The number of rotatable bonds is 5. The van der Waals surface area contributed by atoms with E-state index in [1.54, 1.807) is 23.6 Å². The van der Waals surface area contributed by atoms with Crippen LogP contribution >= 0.6 is 0 Å². The molecule has 0 saturated carbocycles. The lowest BCUT2D eigenvalue weighted by Crippen LogP contribution is -2.54. The van der Waals surface area contributed by atoms with Crippen LogP contribution in [0.3, 0.4) is 0 Å². The first-order chi connectivity index (χ1) is 11.8. The molecule has 1 saturated heterocycles. The van der Waals surface area contributed by atoms with Gasteiger partial charge in [0.1, 0.15) is 5.41 Å². The quantitative estimate of drug-likeness (QED) is 0.654. The van der Waals surface area contributed by atoms with Gasteiger partial charge in [0, 0.05) is 31.9 Å². The van der Waals surface area contributed by atoms with Gasteiger partial charge < -0.3 is 15.1 Å². The zero-order chi connectivity index (χ0) is 18.6. The Morgan fingerprint density at radius 2 is 1.84 bits per heavy atom. The normalized spacial score (nSPS) is 15.0. The van der Waals surface area contributed by atoms with Gasteiger partial charge in [-0.3, -0.25) is 14.4 Å². The van der Waals surface area contributed by atoms with Crippen LogP contribution < -0.4 is 5.32 Å². The highest BCUT2D eigenvalue weighted by molar-refractivity contribution is 6.10. The number of nitrogens with one attached hydrogen (secondary N) is 1. The second-order valence-corrected chi connectivity index (χ2v) is 6.98. The molecule has 0 atom stereocenters. The molecule has 1 aromatic rings. The molecule has 6 nitrogen and oxygen atoms in total. The second kappa shape index (κ2) is 7.68. The molecule has 25 heavy (non-hydrogen) atoms. The molecular weight excluding hydrogens is 318 g/mol. The first-order valence-corrected chi connectivity index (χ1v) is 8.70. The summed E-state index contributed by atoms with van der Waals surface area (Å²) in [6.45, 7) is 9.21. The fourth-order valence-corrected chi connectivity index (χ4v) is 2.99. The lowest BCUT2D eigenvalue weighted by Gasteiger charge is -2.36. The summed E-state index contributed by atoms with van der Waals surface area (Å²) in [5, 5.41) is 2.96. The van der Waals surface area contributed by atoms with Crippen molar-refractivity contribution in [2.75, 3.05) is 31.5 Å². The van der Waals surface area contributed by atoms with Crippen LogP contribution in [-0.4, -0.2) is 54.2 Å². The van der Waals surface area contributed by atoms with Gasteiger partial charge >= 0.3 is 0 Å². The zero-order valence-electron chi connectivity index (χ0n) is 15.5. The third-order valence-electron chi connectivity index (χ3n) is 4.83. The fraction of sp³-hybridized carbons (Fsp3) is 0.526.